The monoisotopic (exact) mass is 295 g/mol. The van der Waals surface area contributed by atoms with Gasteiger partial charge in [-0.05, 0) is 24.7 Å². The van der Waals surface area contributed by atoms with Crippen molar-refractivity contribution in [3.05, 3.63) is 17.2 Å². The number of benzene rings is 1. The third-order valence-corrected chi connectivity index (χ3v) is 4.79. The van der Waals surface area contributed by atoms with E-state index in [2.05, 4.69) is 19.2 Å². The second kappa shape index (κ2) is 5.72. The second-order valence-electron chi connectivity index (χ2n) is 6.20. The Morgan fingerprint density at radius 3 is 2.70 bits per heavy atom. The van der Waals surface area contributed by atoms with E-state index in [1.54, 1.807) is 0 Å². The fourth-order valence-electron chi connectivity index (χ4n) is 3.21. The van der Waals surface area contributed by atoms with Crippen molar-refractivity contribution in [2.45, 2.75) is 45.6 Å². The molecule has 3 nitrogen and oxygen atoms in total. The van der Waals surface area contributed by atoms with Crippen molar-refractivity contribution in [2.75, 3.05) is 12.1 Å². The molecular formula is C16H22ClNO2. The van der Waals surface area contributed by atoms with E-state index >= 15 is 0 Å². The van der Waals surface area contributed by atoms with Gasteiger partial charge in [0, 0.05) is 18.2 Å². The Morgan fingerprint density at radius 1 is 1.20 bits per heavy atom. The number of fused-ring (bicyclic) bond motifs is 1. The number of ether oxygens (including phenoxy) is 2. The zero-order chi connectivity index (χ0) is 14.1. The minimum absolute atomic E-state index is 0.286. The summed E-state index contributed by atoms with van der Waals surface area (Å²) in [6.45, 7) is 4.93. The number of rotatable bonds is 3. The molecule has 1 aliphatic heterocycles. The maximum absolute atomic E-state index is 6.33. The summed E-state index contributed by atoms with van der Waals surface area (Å²) in [5.41, 5.74) is 0.963. The molecule has 0 bridgehead atoms. The van der Waals surface area contributed by atoms with Gasteiger partial charge >= 0.3 is 0 Å². The van der Waals surface area contributed by atoms with Crippen molar-refractivity contribution < 1.29 is 9.47 Å². The first-order chi connectivity index (χ1) is 9.63. The van der Waals surface area contributed by atoms with Crippen LogP contribution in [0.1, 0.15) is 39.5 Å². The van der Waals surface area contributed by atoms with E-state index in [4.69, 9.17) is 21.1 Å². The van der Waals surface area contributed by atoms with Gasteiger partial charge in [-0.1, -0.05) is 38.3 Å². The van der Waals surface area contributed by atoms with Crippen LogP contribution in [-0.2, 0) is 0 Å². The zero-order valence-electron chi connectivity index (χ0n) is 12.1. The van der Waals surface area contributed by atoms with Crippen LogP contribution >= 0.6 is 11.6 Å². The number of hydrogen-bond acceptors (Lipinski definition) is 3. The molecule has 2 aliphatic rings. The van der Waals surface area contributed by atoms with Crippen molar-refractivity contribution in [2.24, 2.45) is 11.8 Å². The van der Waals surface area contributed by atoms with Crippen LogP contribution in [0.25, 0.3) is 0 Å². The number of anilines is 1. The van der Waals surface area contributed by atoms with Crippen LogP contribution in [0.15, 0.2) is 12.1 Å². The van der Waals surface area contributed by atoms with Crippen molar-refractivity contribution in [1.82, 2.24) is 0 Å². The van der Waals surface area contributed by atoms with E-state index in [9.17, 15) is 0 Å². The van der Waals surface area contributed by atoms with Crippen molar-refractivity contribution in [3.8, 4) is 11.5 Å². The van der Waals surface area contributed by atoms with Gasteiger partial charge in [-0.2, -0.15) is 0 Å². The summed E-state index contributed by atoms with van der Waals surface area (Å²) in [5.74, 6) is 3.10. The lowest BCUT2D eigenvalue weighted by molar-refractivity contribution is 0.174. The highest BCUT2D eigenvalue weighted by Gasteiger charge is 2.25. The predicted octanol–water partition coefficient (Wildman–Crippen LogP) is 4.70. The van der Waals surface area contributed by atoms with Crippen LogP contribution in [0.2, 0.25) is 5.02 Å². The van der Waals surface area contributed by atoms with Crippen molar-refractivity contribution in [1.29, 1.82) is 0 Å². The minimum Gasteiger partial charge on any atom is -0.454 e. The number of hydrogen-bond donors (Lipinski definition) is 1. The van der Waals surface area contributed by atoms with E-state index in [1.165, 1.54) is 25.7 Å². The van der Waals surface area contributed by atoms with Crippen molar-refractivity contribution in [3.63, 3.8) is 0 Å². The Balaban J connectivity index is 1.71. The predicted molar refractivity (Wildman–Crippen MR) is 81.8 cm³/mol. The van der Waals surface area contributed by atoms with Crippen molar-refractivity contribution >= 4 is 17.3 Å². The van der Waals surface area contributed by atoms with Crippen LogP contribution in [-0.4, -0.2) is 12.8 Å². The van der Waals surface area contributed by atoms with Crippen LogP contribution in [0.5, 0.6) is 11.5 Å². The molecule has 0 aromatic heterocycles. The molecule has 0 radical (unpaired) electrons. The molecule has 2 atom stereocenters. The third kappa shape index (κ3) is 2.83. The molecule has 1 aromatic rings. The van der Waals surface area contributed by atoms with Gasteiger partial charge in [-0.3, -0.25) is 0 Å². The molecule has 0 amide bonds. The third-order valence-electron chi connectivity index (χ3n) is 4.48. The van der Waals surface area contributed by atoms with Gasteiger partial charge in [0.2, 0.25) is 6.79 Å². The Hall–Kier alpha value is -1.09. The van der Waals surface area contributed by atoms with Gasteiger partial charge in [0.1, 0.15) is 0 Å². The second-order valence-corrected chi connectivity index (χ2v) is 6.60. The van der Waals surface area contributed by atoms with Gasteiger partial charge < -0.3 is 14.8 Å². The Bertz CT molecular complexity index is 490. The summed E-state index contributed by atoms with van der Waals surface area (Å²) in [7, 11) is 0. The van der Waals surface area contributed by atoms with Gasteiger partial charge in [-0.25, -0.2) is 0 Å². The Labute approximate surface area is 125 Å². The topological polar surface area (TPSA) is 30.5 Å². The fraction of sp³-hybridized carbons (Fsp3) is 0.625. The van der Waals surface area contributed by atoms with Gasteiger partial charge in [0.15, 0.2) is 11.5 Å². The van der Waals surface area contributed by atoms with Gasteiger partial charge in [0.25, 0.3) is 0 Å². The summed E-state index contributed by atoms with van der Waals surface area (Å²) >= 11 is 6.33. The quantitative estimate of drug-likeness (QED) is 0.877. The molecule has 1 fully saturated rings. The molecule has 110 valence electrons. The Morgan fingerprint density at radius 2 is 1.95 bits per heavy atom. The summed E-state index contributed by atoms with van der Waals surface area (Å²) in [5, 5.41) is 4.31. The highest BCUT2D eigenvalue weighted by atomic mass is 35.5. The van der Waals surface area contributed by atoms with Gasteiger partial charge in [0.05, 0.1) is 10.7 Å². The van der Waals surface area contributed by atoms with Crippen LogP contribution < -0.4 is 14.8 Å². The molecule has 1 aromatic carbocycles. The Kier molecular flexibility index (Phi) is 3.97. The van der Waals surface area contributed by atoms with Gasteiger partial charge in [-0.15, -0.1) is 0 Å². The molecule has 1 aliphatic carbocycles. The van der Waals surface area contributed by atoms with E-state index < -0.39 is 0 Å². The maximum atomic E-state index is 6.33. The van der Waals surface area contributed by atoms with E-state index in [1.807, 2.05) is 12.1 Å². The lowest BCUT2D eigenvalue weighted by atomic mass is 9.79. The van der Waals surface area contributed by atoms with Crippen LogP contribution in [0, 0.1) is 11.8 Å². The molecule has 4 heteroatoms. The molecule has 3 rings (SSSR count). The zero-order valence-corrected chi connectivity index (χ0v) is 12.9. The van der Waals surface area contributed by atoms with Crippen LogP contribution in [0.4, 0.5) is 5.69 Å². The average molecular weight is 296 g/mol. The first kappa shape index (κ1) is 13.9. The molecule has 1 saturated carbocycles. The SMILES string of the molecule is CC(C)C1CCCC(Nc2cc3c(cc2Cl)OCO3)C1. The lowest BCUT2D eigenvalue weighted by Gasteiger charge is -2.32. The normalized spacial score (nSPS) is 25.0. The van der Waals surface area contributed by atoms with Crippen LogP contribution in [0.3, 0.4) is 0 Å². The first-order valence-electron chi connectivity index (χ1n) is 7.49. The fourth-order valence-corrected chi connectivity index (χ4v) is 3.42. The molecule has 2 unspecified atom stereocenters. The van der Waals surface area contributed by atoms with E-state index in [0.717, 1.165) is 29.0 Å². The standard InChI is InChI=1S/C16H22ClNO2/c1-10(2)11-4-3-5-12(6-11)18-14-8-16-15(7-13(14)17)19-9-20-16/h7-8,10-12,18H,3-6,9H2,1-2H3. The average Bonchev–Trinajstić information content (AvgIpc) is 2.86. The largest absolute Gasteiger partial charge is 0.454 e. The minimum atomic E-state index is 0.286. The highest BCUT2D eigenvalue weighted by Crippen LogP contribution is 2.40. The summed E-state index contributed by atoms with van der Waals surface area (Å²) in [4.78, 5) is 0. The van der Waals surface area contributed by atoms with E-state index in [0.29, 0.717) is 11.1 Å². The van der Waals surface area contributed by atoms with E-state index in [-0.39, 0.29) is 6.79 Å². The summed E-state index contributed by atoms with van der Waals surface area (Å²) in [6, 6.07) is 4.31. The number of halogens is 1. The first-order valence-corrected chi connectivity index (χ1v) is 7.87. The summed E-state index contributed by atoms with van der Waals surface area (Å²) < 4.78 is 10.8. The number of nitrogens with one attached hydrogen (secondary N) is 1. The molecule has 0 saturated heterocycles. The maximum Gasteiger partial charge on any atom is 0.231 e. The molecule has 20 heavy (non-hydrogen) atoms. The molecule has 1 N–H and O–H groups in total. The lowest BCUT2D eigenvalue weighted by Crippen LogP contribution is -2.29. The smallest absolute Gasteiger partial charge is 0.231 e. The highest BCUT2D eigenvalue weighted by molar-refractivity contribution is 6.33. The molecule has 1 heterocycles. The molecular weight excluding hydrogens is 274 g/mol. The molecule has 0 spiro atoms. The summed E-state index contributed by atoms with van der Waals surface area (Å²) in [6.07, 6.45) is 5.09.